The van der Waals surface area contributed by atoms with E-state index in [0.29, 0.717) is 13.2 Å². The van der Waals surface area contributed by atoms with Crippen molar-refractivity contribution >= 4 is 0 Å². The van der Waals surface area contributed by atoms with Crippen LogP contribution >= 0.6 is 0 Å². The Bertz CT molecular complexity index is 198. The van der Waals surface area contributed by atoms with E-state index in [1.165, 1.54) is 32.1 Å². The largest absolute Gasteiger partial charge is 0.389 e. The topological polar surface area (TPSA) is 50.7 Å². The molecule has 0 heterocycles. The summed E-state index contributed by atoms with van der Waals surface area (Å²) in [6.07, 6.45) is 7.11. The maximum atomic E-state index is 9.68. The van der Waals surface area contributed by atoms with Crippen molar-refractivity contribution in [2.24, 2.45) is 5.92 Å². The fourth-order valence-corrected chi connectivity index (χ4v) is 1.86. The second-order valence-corrected chi connectivity index (χ2v) is 5.51. The van der Waals surface area contributed by atoms with Crippen LogP contribution in [0.1, 0.15) is 45.4 Å². The number of aliphatic hydroxyl groups is 1. The van der Waals surface area contributed by atoms with Crippen LogP contribution in [-0.2, 0) is 9.47 Å². The van der Waals surface area contributed by atoms with E-state index in [2.05, 4.69) is 12.2 Å². The van der Waals surface area contributed by atoms with Gasteiger partial charge in [0.1, 0.15) is 0 Å². The molecule has 0 radical (unpaired) electrons. The zero-order valence-electron chi connectivity index (χ0n) is 12.4. The van der Waals surface area contributed by atoms with Crippen molar-refractivity contribution in [1.82, 2.24) is 5.32 Å². The third-order valence-corrected chi connectivity index (χ3v) is 3.31. The normalized spacial score (nSPS) is 16.7. The molecule has 0 saturated heterocycles. The minimum atomic E-state index is -0.408. The molecule has 1 aliphatic rings. The van der Waals surface area contributed by atoms with Crippen molar-refractivity contribution < 1.29 is 14.6 Å². The van der Waals surface area contributed by atoms with Gasteiger partial charge in [-0.05, 0) is 25.2 Å². The van der Waals surface area contributed by atoms with Crippen molar-refractivity contribution in [3.63, 3.8) is 0 Å². The highest BCUT2D eigenvalue weighted by Crippen LogP contribution is 2.28. The van der Waals surface area contributed by atoms with Crippen LogP contribution in [0.3, 0.4) is 0 Å². The van der Waals surface area contributed by atoms with E-state index in [-0.39, 0.29) is 0 Å². The predicted molar refractivity (Wildman–Crippen MR) is 77.4 cm³/mol. The van der Waals surface area contributed by atoms with E-state index in [1.54, 1.807) is 0 Å². The van der Waals surface area contributed by atoms with E-state index in [9.17, 15) is 5.11 Å². The summed E-state index contributed by atoms with van der Waals surface area (Å²) < 4.78 is 10.9. The fraction of sp³-hybridized carbons (Fsp3) is 1.00. The lowest BCUT2D eigenvalue weighted by atomic mass is 10.2. The van der Waals surface area contributed by atoms with Gasteiger partial charge in [0.15, 0.2) is 0 Å². The van der Waals surface area contributed by atoms with Crippen molar-refractivity contribution in [2.75, 3.05) is 39.5 Å². The summed E-state index contributed by atoms with van der Waals surface area (Å²) >= 11 is 0. The Morgan fingerprint density at radius 3 is 2.74 bits per heavy atom. The van der Waals surface area contributed by atoms with Gasteiger partial charge in [-0.15, -0.1) is 0 Å². The first-order chi connectivity index (χ1) is 9.33. The molecule has 0 aromatic heterocycles. The highest BCUT2D eigenvalue weighted by atomic mass is 16.5. The van der Waals surface area contributed by atoms with Crippen LogP contribution in [0.5, 0.6) is 0 Å². The van der Waals surface area contributed by atoms with Gasteiger partial charge in [0.2, 0.25) is 0 Å². The molecule has 19 heavy (non-hydrogen) atoms. The lowest BCUT2D eigenvalue weighted by molar-refractivity contribution is 0.0341. The van der Waals surface area contributed by atoms with Crippen LogP contribution in [0.15, 0.2) is 0 Å². The standard InChI is InChI=1S/C15H31NO3/c1-2-3-4-5-9-18-13-15(17)11-16-8-10-19-12-14-6-7-14/h14-17H,2-13H2,1H3. The van der Waals surface area contributed by atoms with Gasteiger partial charge in [0, 0.05) is 26.3 Å². The van der Waals surface area contributed by atoms with Crippen molar-refractivity contribution in [2.45, 2.75) is 51.6 Å². The third kappa shape index (κ3) is 11.4. The SMILES string of the molecule is CCCCCCOCC(O)CNCCOCC1CC1. The molecule has 4 heteroatoms. The first-order valence-electron chi connectivity index (χ1n) is 7.87. The van der Waals surface area contributed by atoms with Crippen LogP contribution in [0.25, 0.3) is 0 Å². The lowest BCUT2D eigenvalue weighted by Gasteiger charge is -2.12. The van der Waals surface area contributed by atoms with Gasteiger partial charge in [0.05, 0.1) is 19.3 Å². The number of unbranched alkanes of at least 4 members (excludes halogenated alkanes) is 3. The van der Waals surface area contributed by atoms with E-state index < -0.39 is 6.10 Å². The van der Waals surface area contributed by atoms with Gasteiger partial charge in [-0.1, -0.05) is 26.2 Å². The molecule has 1 fully saturated rings. The van der Waals surface area contributed by atoms with E-state index in [0.717, 1.165) is 38.7 Å². The monoisotopic (exact) mass is 273 g/mol. The predicted octanol–water partition coefficient (Wildman–Crippen LogP) is 1.96. The van der Waals surface area contributed by atoms with Gasteiger partial charge in [-0.2, -0.15) is 0 Å². The molecular formula is C15H31NO3. The summed E-state index contributed by atoms with van der Waals surface area (Å²) in [5, 5.41) is 12.9. The molecule has 1 unspecified atom stereocenters. The number of rotatable bonds is 14. The van der Waals surface area contributed by atoms with Gasteiger partial charge in [0.25, 0.3) is 0 Å². The molecule has 4 nitrogen and oxygen atoms in total. The van der Waals surface area contributed by atoms with Crippen LogP contribution in [-0.4, -0.2) is 50.7 Å². The minimum Gasteiger partial charge on any atom is -0.389 e. The lowest BCUT2D eigenvalue weighted by Crippen LogP contribution is -2.32. The van der Waals surface area contributed by atoms with Crippen molar-refractivity contribution in [3.8, 4) is 0 Å². The highest BCUT2D eigenvalue weighted by molar-refractivity contribution is 4.72. The summed E-state index contributed by atoms with van der Waals surface area (Å²) in [6, 6.07) is 0. The molecule has 0 aromatic rings. The average molecular weight is 273 g/mol. The fourth-order valence-electron chi connectivity index (χ4n) is 1.86. The van der Waals surface area contributed by atoms with E-state index in [1.807, 2.05) is 0 Å². The highest BCUT2D eigenvalue weighted by Gasteiger charge is 2.20. The number of hydrogen-bond acceptors (Lipinski definition) is 4. The number of aliphatic hydroxyl groups excluding tert-OH is 1. The molecule has 1 aliphatic carbocycles. The Kier molecular flexibility index (Phi) is 10.4. The molecule has 0 amide bonds. The van der Waals surface area contributed by atoms with E-state index in [4.69, 9.17) is 9.47 Å². The summed E-state index contributed by atoms with van der Waals surface area (Å²) in [6.45, 7) is 6.43. The maximum Gasteiger partial charge on any atom is 0.0897 e. The van der Waals surface area contributed by atoms with Gasteiger partial charge in [-0.3, -0.25) is 0 Å². The molecule has 1 saturated carbocycles. The van der Waals surface area contributed by atoms with E-state index >= 15 is 0 Å². The summed E-state index contributed by atoms with van der Waals surface area (Å²) in [5.41, 5.74) is 0. The van der Waals surface area contributed by atoms with Crippen LogP contribution in [0.4, 0.5) is 0 Å². The molecular weight excluding hydrogens is 242 g/mol. The van der Waals surface area contributed by atoms with Crippen molar-refractivity contribution in [3.05, 3.63) is 0 Å². The van der Waals surface area contributed by atoms with Gasteiger partial charge >= 0.3 is 0 Å². The summed E-state index contributed by atoms with van der Waals surface area (Å²) in [5.74, 6) is 0.826. The second-order valence-electron chi connectivity index (χ2n) is 5.51. The smallest absolute Gasteiger partial charge is 0.0897 e. The Hall–Kier alpha value is -0.160. The molecule has 114 valence electrons. The molecule has 2 N–H and O–H groups in total. The first-order valence-corrected chi connectivity index (χ1v) is 7.87. The number of hydrogen-bond donors (Lipinski definition) is 2. The molecule has 0 bridgehead atoms. The second kappa shape index (κ2) is 11.6. The molecule has 0 spiro atoms. The third-order valence-electron chi connectivity index (χ3n) is 3.31. The molecule has 1 rings (SSSR count). The maximum absolute atomic E-state index is 9.68. The first kappa shape index (κ1) is 16.9. The quantitative estimate of drug-likeness (QED) is 0.475. The molecule has 1 atom stereocenters. The molecule has 0 aromatic carbocycles. The molecule has 0 aliphatic heterocycles. The Morgan fingerprint density at radius 2 is 2.00 bits per heavy atom. The van der Waals surface area contributed by atoms with Crippen LogP contribution in [0.2, 0.25) is 0 Å². The average Bonchev–Trinajstić information content (AvgIpc) is 3.22. The van der Waals surface area contributed by atoms with Crippen LogP contribution < -0.4 is 5.32 Å². The summed E-state index contributed by atoms with van der Waals surface area (Å²) in [4.78, 5) is 0. The minimum absolute atomic E-state index is 0.408. The number of ether oxygens (including phenoxy) is 2. The Balaban J connectivity index is 1.72. The van der Waals surface area contributed by atoms with Crippen molar-refractivity contribution in [1.29, 1.82) is 0 Å². The van der Waals surface area contributed by atoms with Gasteiger partial charge in [-0.25, -0.2) is 0 Å². The Labute approximate surface area is 117 Å². The zero-order valence-corrected chi connectivity index (χ0v) is 12.4. The Morgan fingerprint density at radius 1 is 1.16 bits per heavy atom. The van der Waals surface area contributed by atoms with Gasteiger partial charge < -0.3 is 19.9 Å². The van der Waals surface area contributed by atoms with Crippen LogP contribution in [0, 0.1) is 5.92 Å². The zero-order chi connectivity index (χ0) is 13.8. The summed E-state index contributed by atoms with van der Waals surface area (Å²) in [7, 11) is 0. The number of nitrogens with one attached hydrogen (secondary N) is 1.